The van der Waals surface area contributed by atoms with E-state index in [4.69, 9.17) is 0 Å². The topological polar surface area (TPSA) is 53.5 Å². The number of allylic oxidation sites excluding steroid dienone is 2. The van der Waals surface area contributed by atoms with Crippen LogP contribution in [0.3, 0.4) is 0 Å². The molecule has 6 heteroatoms. The molecule has 2 atom stereocenters. The molecule has 0 aromatic carbocycles. The van der Waals surface area contributed by atoms with E-state index >= 15 is 0 Å². The molecule has 0 radical (unpaired) electrons. The average molecular weight is 304 g/mol. The van der Waals surface area contributed by atoms with Gasteiger partial charge in [-0.2, -0.15) is 0 Å². The fourth-order valence-electron chi connectivity index (χ4n) is 1.43. The molecular formula is C11H15BrFN3O. The summed E-state index contributed by atoms with van der Waals surface area (Å²) in [4.78, 5) is 15.8. The summed E-state index contributed by atoms with van der Waals surface area (Å²) in [5, 5.41) is 5.43. The lowest BCUT2D eigenvalue weighted by atomic mass is 10.2. The van der Waals surface area contributed by atoms with Gasteiger partial charge < -0.3 is 10.6 Å². The molecule has 1 amide bonds. The van der Waals surface area contributed by atoms with Crippen LogP contribution in [-0.2, 0) is 4.79 Å². The number of aliphatic imine (C=N–C) groups is 1. The molecule has 17 heavy (non-hydrogen) atoms. The van der Waals surface area contributed by atoms with E-state index in [0.29, 0.717) is 10.4 Å². The lowest BCUT2D eigenvalue weighted by Gasteiger charge is -2.10. The fraction of sp³-hybridized carbons (Fsp3) is 0.455. The van der Waals surface area contributed by atoms with E-state index in [-0.39, 0.29) is 18.9 Å². The van der Waals surface area contributed by atoms with Gasteiger partial charge in [0.2, 0.25) is 5.91 Å². The quantitative estimate of drug-likeness (QED) is 0.776. The zero-order chi connectivity index (χ0) is 12.8. The molecule has 2 unspecified atom stereocenters. The summed E-state index contributed by atoms with van der Waals surface area (Å²) < 4.78 is 13.4. The maximum absolute atomic E-state index is 12.9. The van der Waals surface area contributed by atoms with Crippen molar-refractivity contribution in [1.82, 2.24) is 10.6 Å². The van der Waals surface area contributed by atoms with Gasteiger partial charge in [0.05, 0.1) is 6.04 Å². The molecule has 94 valence electrons. The maximum Gasteiger partial charge on any atom is 0.242 e. The van der Waals surface area contributed by atoms with Crippen molar-refractivity contribution >= 4 is 26.5 Å². The summed E-state index contributed by atoms with van der Waals surface area (Å²) in [6.45, 7) is 5.51. The number of rotatable bonds is 4. The highest BCUT2D eigenvalue weighted by molar-refractivity contribution is 9.18. The Hall–Kier alpha value is -1.01. The molecule has 0 aliphatic carbocycles. The molecule has 1 saturated heterocycles. The number of hydrogen-bond acceptors (Lipinski definition) is 3. The fourth-order valence-corrected chi connectivity index (χ4v) is 1.62. The molecule has 2 N–H and O–H groups in total. The Kier molecular flexibility index (Phi) is 5.50. The van der Waals surface area contributed by atoms with Crippen LogP contribution in [0.2, 0.25) is 0 Å². The molecule has 0 aromatic heterocycles. The van der Waals surface area contributed by atoms with E-state index in [1.165, 1.54) is 6.08 Å². The van der Waals surface area contributed by atoms with Crippen molar-refractivity contribution in [3.8, 4) is 0 Å². The van der Waals surface area contributed by atoms with Crippen LogP contribution in [0.1, 0.15) is 13.3 Å². The van der Waals surface area contributed by atoms with Crippen LogP contribution >= 0.6 is 15.9 Å². The number of halogens is 2. The standard InChI is InChI=1S/C11H15BrFN3O/c1-3-9(12)15-10(4-2)16-11(17)8-5-7(13)6-14-8/h3-4,7-8,14H,1,5-6H2,2H3,(H,16,17). The second kappa shape index (κ2) is 6.66. The SMILES string of the molecule is C=CC(Br)=NC(=CC)NC(=O)C1CC(F)CN1. The van der Waals surface area contributed by atoms with Crippen LogP contribution in [0, 0.1) is 0 Å². The van der Waals surface area contributed by atoms with Crippen molar-refractivity contribution in [2.75, 3.05) is 6.54 Å². The Morgan fingerprint density at radius 1 is 1.71 bits per heavy atom. The highest BCUT2D eigenvalue weighted by Crippen LogP contribution is 2.10. The first kappa shape index (κ1) is 14.1. The predicted octanol–water partition coefficient (Wildman–Crippen LogP) is 1.64. The second-order valence-corrected chi connectivity index (χ2v) is 4.41. The normalized spacial score (nSPS) is 25.8. The lowest BCUT2D eigenvalue weighted by molar-refractivity contribution is -0.122. The summed E-state index contributed by atoms with van der Waals surface area (Å²) in [6, 6.07) is -0.488. The number of nitrogens with zero attached hydrogens (tertiary/aromatic N) is 1. The third-order valence-electron chi connectivity index (χ3n) is 2.31. The van der Waals surface area contributed by atoms with Crippen LogP contribution in [-0.4, -0.2) is 29.3 Å². The Morgan fingerprint density at radius 3 is 2.88 bits per heavy atom. The van der Waals surface area contributed by atoms with Crippen LogP contribution in [0.25, 0.3) is 0 Å². The van der Waals surface area contributed by atoms with Crippen LogP contribution < -0.4 is 10.6 Å². The van der Waals surface area contributed by atoms with Crippen molar-refractivity contribution < 1.29 is 9.18 Å². The number of alkyl halides is 1. The smallest absolute Gasteiger partial charge is 0.242 e. The van der Waals surface area contributed by atoms with Crippen molar-refractivity contribution in [3.05, 3.63) is 24.6 Å². The van der Waals surface area contributed by atoms with Crippen LogP contribution in [0.5, 0.6) is 0 Å². The average Bonchev–Trinajstić information content (AvgIpc) is 2.74. The van der Waals surface area contributed by atoms with Crippen molar-refractivity contribution in [1.29, 1.82) is 0 Å². The van der Waals surface area contributed by atoms with E-state index < -0.39 is 12.2 Å². The minimum Gasteiger partial charge on any atom is -0.310 e. The number of amides is 1. The van der Waals surface area contributed by atoms with Gasteiger partial charge >= 0.3 is 0 Å². The molecule has 0 saturated carbocycles. The third-order valence-corrected chi connectivity index (χ3v) is 2.82. The number of carbonyl (C=O) groups excluding carboxylic acids is 1. The van der Waals surface area contributed by atoms with Crippen LogP contribution in [0.15, 0.2) is 29.5 Å². The van der Waals surface area contributed by atoms with E-state index in [2.05, 4.69) is 38.1 Å². The third kappa shape index (κ3) is 4.40. The highest BCUT2D eigenvalue weighted by Gasteiger charge is 2.29. The van der Waals surface area contributed by atoms with Gasteiger partial charge in [-0.1, -0.05) is 6.58 Å². The molecule has 0 bridgehead atoms. The summed E-state index contributed by atoms with van der Waals surface area (Å²) in [5.74, 6) is 0.136. The summed E-state index contributed by atoms with van der Waals surface area (Å²) >= 11 is 3.17. The number of nitrogens with one attached hydrogen (secondary N) is 2. The van der Waals surface area contributed by atoms with E-state index in [1.807, 2.05) is 0 Å². The van der Waals surface area contributed by atoms with E-state index in [0.717, 1.165) is 0 Å². The van der Waals surface area contributed by atoms with Gasteiger partial charge in [0.25, 0.3) is 0 Å². The first-order chi connectivity index (χ1) is 8.06. The largest absolute Gasteiger partial charge is 0.310 e. The van der Waals surface area contributed by atoms with Gasteiger partial charge in [0, 0.05) is 13.0 Å². The minimum atomic E-state index is -0.955. The van der Waals surface area contributed by atoms with Gasteiger partial charge in [0.15, 0.2) is 0 Å². The van der Waals surface area contributed by atoms with Crippen LogP contribution in [0.4, 0.5) is 4.39 Å². The Bertz CT molecular complexity index is 368. The maximum atomic E-state index is 12.9. The van der Waals surface area contributed by atoms with E-state index in [1.54, 1.807) is 13.0 Å². The van der Waals surface area contributed by atoms with Crippen molar-refractivity contribution in [2.24, 2.45) is 4.99 Å². The predicted molar refractivity (Wildman–Crippen MR) is 69.8 cm³/mol. The van der Waals surface area contributed by atoms with Gasteiger partial charge in [-0.05, 0) is 35.0 Å². The molecule has 1 aliphatic heterocycles. The van der Waals surface area contributed by atoms with Gasteiger partial charge in [-0.3, -0.25) is 4.79 Å². The van der Waals surface area contributed by atoms with Gasteiger partial charge in [-0.15, -0.1) is 0 Å². The molecule has 1 rings (SSSR count). The molecule has 1 aliphatic rings. The number of carbonyl (C=O) groups is 1. The van der Waals surface area contributed by atoms with Gasteiger partial charge in [-0.25, -0.2) is 9.38 Å². The highest BCUT2D eigenvalue weighted by atomic mass is 79.9. The first-order valence-corrected chi connectivity index (χ1v) is 6.07. The zero-order valence-corrected chi connectivity index (χ0v) is 11.1. The minimum absolute atomic E-state index is 0.204. The summed E-state index contributed by atoms with van der Waals surface area (Å²) in [6.07, 6.45) is 2.42. The zero-order valence-electron chi connectivity index (χ0n) is 9.54. The number of hydrogen-bond donors (Lipinski definition) is 2. The summed E-state index contributed by atoms with van der Waals surface area (Å²) in [7, 11) is 0. The first-order valence-electron chi connectivity index (χ1n) is 5.28. The lowest BCUT2D eigenvalue weighted by Crippen LogP contribution is -2.39. The van der Waals surface area contributed by atoms with Crippen molar-refractivity contribution in [3.63, 3.8) is 0 Å². The molecule has 1 fully saturated rings. The molecule has 1 heterocycles. The molecule has 0 aromatic rings. The Balaban J connectivity index is 2.58. The van der Waals surface area contributed by atoms with Crippen molar-refractivity contribution in [2.45, 2.75) is 25.6 Å². The summed E-state index contributed by atoms with van der Waals surface area (Å²) in [5.41, 5.74) is 0. The van der Waals surface area contributed by atoms with Gasteiger partial charge in [0.1, 0.15) is 16.6 Å². The Labute approximate surface area is 108 Å². The monoisotopic (exact) mass is 303 g/mol. The molecule has 4 nitrogen and oxygen atoms in total. The van der Waals surface area contributed by atoms with E-state index in [9.17, 15) is 9.18 Å². The molecular weight excluding hydrogens is 289 g/mol. The Morgan fingerprint density at radius 2 is 2.41 bits per heavy atom. The second-order valence-electron chi connectivity index (χ2n) is 3.60. The molecule has 0 spiro atoms.